The van der Waals surface area contributed by atoms with E-state index >= 15 is 0 Å². The van der Waals surface area contributed by atoms with Gasteiger partial charge < -0.3 is 19.5 Å². The first-order valence-corrected chi connectivity index (χ1v) is 6.16. The third-order valence-corrected chi connectivity index (χ3v) is 3.38. The van der Waals surface area contributed by atoms with Gasteiger partial charge in [-0.05, 0) is 6.92 Å². The van der Waals surface area contributed by atoms with Gasteiger partial charge in [-0.2, -0.15) is 0 Å². The molecule has 1 aliphatic heterocycles. The van der Waals surface area contributed by atoms with Crippen molar-refractivity contribution >= 4 is 18.3 Å². The SMILES string of the molecule is COC(C)C(=O)N1CCNCC1c1nccn1C.Cl. The number of halogens is 1. The Bertz CT molecular complexity index is 424. The lowest BCUT2D eigenvalue weighted by atomic mass is 10.1. The zero-order valence-electron chi connectivity index (χ0n) is 11.5. The van der Waals surface area contributed by atoms with Crippen molar-refractivity contribution in [3.8, 4) is 0 Å². The molecule has 2 heterocycles. The third kappa shape index (κ3) is 3.26. The van der Waals surface area contributed by atoms with E-state index < -0.39 is 6.10 Å². The number of amides is 1. The number of nitrogens with zero attached hydrogens (tertiary/aromatic N) is 3. The Labute approximate surface area is 119 Å². The maximum atomic E-state index is 12.3. The molecule has 1 amide bonds. The van der Waals surface area contributed by atoms with E-state index in [0.29, 0.717) is 6.54 Å². The smallest absolute Gasteiger partial charge is 0.252 e. The van der Waals surface area contributed by atoms with E-state index in [4.69, 9.17) is 4.74 Å². The molecule has 6 nitrogen and oxygen atoms in total. The van der Waals surface area contributed by atoms with Crippen molar-refractivity contribution in [2.75, 3.05) is 26.7 Å². The van der Waals surface area contributed by atoms with Crippen LogP contribution in [0.3, 0.4) is 0 Å². The number of ether oxygens (including phenoxy) is 1. The molecule has 0 saturated carbocycles. The number of aryl methyl sites for hydroxylation is 1. The molecule has 108 valence electrons. The van der Waals surface area contributed by atoms with Crippen molar-refractivity contribution in [3.05, 3.63) is 18.2 Å². The fraction of sp³-hybridized carbons (Fsp3) is 0.667. The van der Waals surface area contributed by atoms with Crippen LogP contribution in [0.15, 0.2) is 12.4 Å². The van der Waals surface area contributed by atoms with Crippen molar-refractivity contribution in [2.45, 2.75) is 19.1 Å². The molecule has 1 fully saturated rings. The summed E-state index contributed by atoms with van der Waals surface area (Å²) in [6.45, 7) is 4.00. The Morgan fingerprint density at radius 1 is 1.63 bits per heavy atom. The van der Waals surface area contributed by atoms with Gasteiger partial charge in [-0.25, -0.2) is 4.98 Å². The average molecular weight is 289 g/mol. The first-order chi connectivity index (χ1) is 8.65. The van der Waals surface area contributed by atoms with Crippen LogP contribution >= 0.6 is 12.4 Å². The predicted octanol–water partition coefficient (Wildman–Crippen LogP) is 0.350. The van der Waals surface area contributed by atoms with Crippen molar-refractivity contribution in [1.82, 2.24) is 19.8 Å². The van der Waals surface area contributed by atoms with E-state index in [1.54, 1.807) is 20.2 Å². The van der Waals surface area contributed by atoms with Crippen molar-refractivity contribution in [2.24, 2.45) is 7.05 Å². The van der Waals surface area contributed by atoms with Crippen LogP contribution in [0.1, 0.15) is 18.8 Å². The van der Waals surface area contributed by atoms with Crippen LogP contribution in [0.4, 0.5) is 0 Å². The summed E-state index contributed by atoms with van der Waals surface area (Å²) < 4.78 is 7.08. The van der Waals surface area contributed by atoms with Gasteiger partial charge in [-0.3, -0.25) is 4.79 Å². The molecule has 1 aromatic heterocycles. The number of imidazole rings is 1. The Kier molecular flexibility index (Phi) is 5.78. The Morgan fingerprint density at radius 2 is 2.37 bits per heavy atom. The minimum absolute atomic E-state index is 0. The normalized spacial score (nSPS) is 20.8. The first kappa shape index (κ1) is 15.9. The molecule has 2 rings (SSSR count). The molecule has 1 aromatic rings. The fourth-order valence-corrected chi connectivity index (χ4v) is 2.23. The molecule has 2 atom stereocenters. The number of methoxy groups -OCH3 is 1. The number of hydrogen-bond acceptors (Lipinski definition) is 4. The summed E-state index contributed by atoms with van der Waals surface area (Å²) in [6.07, 6.45) is 3.24. The van der Waals surface area contributed by atoms with E-state index in [-0.39, 0.29) is 24.4 Å². The summed E-state index contributed by atoms with van der Waals surface area (Å²) >= 11 is 0. The summed E-state index contributed by atoms with van der Waals surface area (Å²) in [5.74, 6) is 0.922. The second-order valence-electron chi connectivity index (χ2n) is 4.53. The molecule has 2 unspecified atom stereocenters. The van der Waals surface area contributed by atoms with Gasteiger partial charge in [0, 0.05) is 46.2 Å². The highest BCUT2D eigenvalue weighted by atomic mass is 35.5. The van der Waals surface area contributed by atoms with Crippen LogP contribution in [0.25, 0.3) is 0 Å². The van der Waals surface area contributed by atoms with Crippen molar-refractivity contribution < 1.29 is 9.53 Å². The number of rotatable bonds is 3. The molecule has 1 saturated heterocycles. The first-order valence-electron chi connectivity index (χ1n) is 6.16. The summed E-state index contributed by atoms with van der Waals surface area (Å²) in [5, 5.41) is 3.30. The molecule has 0 radical (unpaired) electrons. The second-order valence-corrected chi connectivity index (χ2v) is 4.53. The molecule has 0 aliphatic carbocycles. The maximum Gasteiger partial charge on any atom is 0.252 e. The molecule has 1 aliphatic rings. The monoisotopic (exact) mass is 288 g/mol. The van der Waals surface area contributed by atoms with Crippen LogP contribution in [0, 0.1) is 0 Å². The van der Waals surface area contributed by atoms with E-state index in [1.807, 2.05) is 22.7 Å². The van der Waals surface area contributed by atoms with E-state index in [9.17, 15) is 4.79 Å². The Hall–Kier alpha value is -1.11. The summed E-state index contributed by atoms with van der Waals surface area (Å²) in [6, 6.07) is -0.0242. The molecule has 0 bridgehead atoms. The number of hydrogen-bond donors (Lipinski definition) is 1. The van der Waals surface area contributed by atoms with Gasteiger partial charge in [0.05, 0.1) is 0 Å². The molecule has 0 aromatic carbocycles. The van der Waals surface area contributed by atoms with E-state index in [2.05, 4.69) is 10.3 Å². The van der Waals surface area contributed by atoms with Crippen molar-refractivity contribution in [1.29, 1.82) is 0 Å². The lowest BCUT2D eigenvalue weighted by molar-refractivity contribution is -0.144. The van der Waals surface area contributed by atoms with E-state index in [1.165, 1.54) is 0 Å². The number of nitrogens with one attached hydrogen (secondary N) is 1. The van der Waals surface area contributed by atoms with Gasteiger partial charge in [-0.1, -0.05) is 0 Å². The molecule has 1 N–H and O–H groups in total. The van der Waals surface area contributed by atoms with Crippen LogP contribution in [0.2, 0.25) is 0 Å². The summed E-state index contributed by atoms with van der Waals surface area (Å²) in [7, 11) is 3.50. The predicted molar refractivity (Wildman–Crippen MR) is 74.3 cm³/mol. The maximum absolute atomic E-state index is 12.3. The zero-order chi connectivity index (χ0) is 13.1. The minimum atomic E-state index is -0.411. The molecular weight excluding hydrogens is 268 g/mol. The van der Waals surface area contributed by atoms with Gasteiger partial charge in [0.2, 0.25) is 0 Å². The minimum Gasteiger partial charge on any atom is -0.372 e. The summed E-state index contributed by atoms with van der Waals surface area (Å²) in [5.41, 5.74) is 0. The topological polar surface area (TPSA) is 59.4 Å². The fourth-order valence-electron chi connectivity index (χ4n) is 2.23. The van der Waals surface area contributed by atoms with Crippen LogP contribution in [-0.2, 0) is 16.6 Å². The Balaban J connectivity index is 0.00000180. The highest BCUT2D eigenvalue weighted by Gasteiger charge is 2.32. The number of carbonyl (C=O) groups is 1. The van der Waals surface area contributed by atoms with Crippen LogP contribution in [0.5, 0.6) is 0 Å². The number of carbonyl (C=O) groups excluding carboxylic acids is 1. The number of aromatic nitrogens is 2. The van der Waals surface area contributed by atoms with Crippen LogP contribution < -0.4 is 5.32 Å². The van der Waals surface area contributed by atoms with Gasteiger partial charge in [-0.15, -0.1) is 12.4 Å². The lowest BCUT2D eigenvalue weighted by Crippen LogP contribution is -2.52. The largest absolute Gasteiger partial charge is 0.372 e. The third-order valence-electron chi connectivity index (χ3n) is 3.38. The highest BCUT2D eigenvalue weighted by molar-refractivity contribution is 5.85. The molecular formula is C12H21ClN4O2. The van der Waals surface area contributed by atoms with E-state index in [0.717, 1.165) is 18.9 Å². The Morgan fingerprint density at radius 3 is 2.95 bits per heavy atom. The van der Waals surface area contributed by atoms with Crippen molar-refractivity contribution in [3.63, 3.8) is 0 Å². The quantitative estimate of drug-likeness (QED) is 0.872. The standard InChI is InChI=1S/C12H20N4O2.ClH/c1-9(18-3)12(17)16-7-4-13-8-10(16)11-14-5-6-15(11)2;/h5-6,9-10,13H,4,7-8H2,1-3H3;1H. The highest BCUT2D eigenvalue weighted by Crippen LogP contribution is 2.21. The van der Waals surface area contributed by atoms with Crippen LogP contribution in [-0.4, -0.2) is 53.2 Å². The molecule has 19 heavy (non-hydrogen) atoms. The van der Waals surface area contributed by atoms with Gasteiger partial charge in [0.15, 0.2) is 0 Å². The van der Waals surface area contributed by atoms with Gasteiger partial charge in [0.25, 0.3) is 5.91 Å². The molecule has 0 spiro atoms. The van der Waals surface area contributed by atoms with Gasteiger partial charge in [0.1, 0.15) is 18.0 Å². The lowest BCUT2D eigenvalue weighted by Gasteiger charge is -2.36. The molecule has 7 heteroatoms. The second kappa shape index (κ2) is 6.88. The van der Waals surface area contributed by atoms with Gasteiger partial charge >= 0.3 is 0 Å². The zero-order valence-corrected chi connectivity index (χ0v) is 12.3. The summed E-state index contributed by atoms with van der Waals surface area (Å²) in [4.78, 5) is 18.5. The average Bonchev–Trinajstić information content (AvgIpc) is 2.83. The number of piperazine rings is 1.